The lowest BCUT2D eigenvalue weighted by atomic mass is 9.81. The van der Waals surface area contributed by atoms with E-state index >= 15 is 0 Å². The molecule has 190 valence electrons. The Balaban J connectivity index is 1.60. The molecule has 2 aliphatic rings. The van der Waals surface area contributed by atoms with E-state index in [1.54, 1.807) is 4.90 Å². The van der Waals surface area contributed by atoms with Crippen molar-refractivity contribution in [2.24, 2.45) is 5.92 Å². The molecule has 1 saturated carbocycles. The quantitative estimate of drug-likeness (QED) is 0.457. The number of carboxylic acids is 1. The summed E-state index contributed by atoms with van der Waals surface area (Å²) >= 11 is 6.83. The average molecular weight is 510 g/mol. The molecule has 1 aliphatic carbocycles. The zero-order valence-electron chi connectivity index (χ0n) is 20.7. The van der Waals surface area contributed by atoms with Gasteiger partial charge < -0.3 is 19.3 Å². The van der Waals surface area contributed by atoms with Crippen LogP contribution in [0, 0.1) is 5.92 Å². The molecule has 1 amide bonds. The highest BCUT2D eigenvalue weighted by Gasteiger charge is 2.33. The summed E-state index contributed by atoms with van der Waals surface area (Å²) in [6, 6.07) is 12.6. The fourth-order valence-corrected chi connectivity index (χ4v) is 6.27. The van der Waals surface area contributed by atoms with E-state index in [-0.39, 0.29) is 24.0 Å². The number of nitrogens with zero attached hydrogens (tertiary/aromatic N) is 3. The summed E-state index contributed by atoms with van der Waals surface area (Å²) in [6.07, 6.45) is 4.05. The van der Waals surface area contributed by atoms with E-state index in [1.807, 2.05) is 12.1 Å². The summed E-state index contributed by atoms with van der Waals surface area (Å²) in [6.45, 7) is 3.17. The maximum Gasteiger partial charge on any atom is 0.409 e. The highest BCUT2D eigenvalue weighted by Crippen LogP contribution is 2.41. The summed E-state index contributed by atoms with van der Waals surface area (Å²) < 4.78 is 7.30. The maximum absolute atomic E-state index is 12.3. The van der Waals surface area contributed by atoms with E-state index in [0.717, 1.165) is 47.2 Å². The molecule has 2 aromatic carbocycles. The zero-order valence-corrected chi connectivity index (χ0v) is 21.5. The van der Waals surface area contributed by atoms with Crippen molar-refractivity contribution in [2.75, 3.05) is 13.7 Å². The van der Waals surface area contributed by atoms with E-state index in [1.165, 1.54) is 12.7 Å². The SMILES string of the molecule is COC(=O)N1CCc2c(Cl)cc3c(nc([C@H]4CC[C@H](C(=O)O)CC4)n3[C@H](C)Cc3ccccc3)c2C1. The predicted molar refractivity (Wildman–Crippen MR) is 138 cm³/mol. The van der Waals surface area contributed by atoms with Crippen LogP contribution in [0.3, 0.4) is 0 Å². The van der Waals surface area contributed by atoms with Gasteiger partial charge in [0.1, 0.15) is 5.82 Å². The van der Waals surface area contributed by atoms with Crippen molar-refractivity contribution in [1.29, 1.82) is 0 Å². The molecule has 7 nitrogen and oxygen atoms in total. The first-order chi connectivity index (χ1) is 17.4. The van der Waals surface area contributed by atoms with Crippen molar-refractivity contribution < 1.29 is 19.4 Å². The third-order valence-corrected chi connectivity index (χ3v) is 8.18. The minimum Gasteiger partial charge on any atom is -0.481 e. The third kappa shape index (κ3) is 4.57. The number of hydrogen-bond acceptors (Lipinski definition) is 4. The number of fused-ring (bicyclic) bond motifs is 3. The molecule has 8 heteroatoms. The van der Waals surface area contributed by atoms with Crippen LogP contribution < -0.4 is 0 Å². The Hall–Kier alpha value is -3.06. The number of ether oxygens (including phenoxy) is 1. The third-order valence-electron chi connectivity index (χ3n) is 7.85. The van der Waals surface area contributed by atoms with E-state index in [2.05, 4.69) is 35.8 Å². The van der Waals surface area contributed by atoms with Gasteiger partial charge in [-0.25, -0.2) is 9.78 Å². The molecule has 0 bridgehead atoms. The van der Waals surface area contributed by atoms with Gasteiger partial charge in [0, 0.05) is 29.1 Å². The molecule has 0 unspecified atom stereocenters. The second-order valence-electron chi connectivity index (χ2n) is 10.1. The van der Waals surface area contributed by atoms with E-state index < -0.39 is 5.97 Å². The summed E-state index contributed by atoms with van der Waals surface area (Å²) in [7, 11) is 1.40. The number of carbonyl (C=O) groups is 2. The van der Waals surface area contributed by atoms with Gasteiger partial charge in [-0.3, -0.25) is 4.79 Å². The van der Waals surface area contributed by atoms with Crippen LogP contribution in [0.25, 0.3) is 11.0 Å². The van der Waals surface area contributed by atoms with Crippen LogP contribution in [-0.4, -0.2) is 45.3 Å². The van der Waals surface area contributed by atoms with Gasteiger partial charge in [0.05, 0.1) is 30.6 Å². The molecular formula is C28H32ClN3O4. The number of amides is 1. The normalized spacial score (nSPS) is 20.7. The molecule has 1 fully saturated rings. The van der Waals surface area contributed by atoms with Crippen LogP contribution in [0.5, 0.6) is 0 Å². The Kier molecular flexibility index (Phi) is 6.93. The number of aliphatic carboxylic acids is 1. The number of halogens is 1. The lowest BCUT2D eigenvalue weighted by Gasteiger charge is -2.29. The first kappa shape index (κ1) is 24.6. The lowest BCUT2D eigenvalue weighted by Crippen LogP contribution is -2.36. The Morgan fingerprint density at radius 1 is 1.17 bits per heavy atom. The highest BCUT2D eigenvalue weighted by molar-refractivity contribution is 6.32. The number of hydrogen-bond donors (Lipinski definition) is 1. The number of carboxylic acid groups (broad SMARTS) is 1. The number of imidazole rings is 1. The van der Waals surface area contributed by atoms with Crippen LogP contribution in [0.2, 0.25) is 5.02 Å². The number of carbonyl (C=O) groups excluding carboxylic acids is 1. The summed E-state index contributed by atoms with van der Waals surface area (Å²) in [5.74, 6) is 0.192. The van der Waals surface area contributed by atoms with Crippen molar-refractivity contribution >= 4 is 34.7 Å². The van der Waals surface area contributed by atoms with Gasteiger partial charge in [0.15, 0.2) is 0 Å². The van der Waals surface area contributed by atoms with Crippen LogP contribution in [-0.2, 0) is 28.9 Å². The van der Waals surface area contributed by atoms with Crippen LogP contribution in [0.15, 0.2) is 36.4 Å². The molecule has 0 spiro atoms. The van der Waals surface area contributed by atoms with E-state index in [9.17, 15) is 14.7 Å². The molecule has 0 saturated heterocycles. The van der Waals surface area contributed by atoms with Gasteiger partial charge in [0.25, 0.3) is 0 Å². The minimum absolute atomic E-state index is 0.124. The van der Waals surface area contributed by atoms with Gasteiger partial charge in [0.2, 0.25) is 0 Å². The smallest absolute Gasteiger partial charge is 0.409 e. The summed E-state index contributed by atoms with van der Waals surface area (Å²) in [4.78, 5) is 30.8. The van der Waals surface area contributed by atoms with Crippen molar-refractivity contribution in [3.63, 3.8) is 0 Å². The minimum atomic E-state index is -0.705. The standard InChI is InChI=1S/C28H32ClN3O4/c1-17(14-18-6-4-3-5-7-18)32-24-15-23(29)21-12-13-31(28(35)36-2)16-22(21)25(24)30-26(32)19-8-10-20(11-9-19)27(33)34/h3-7,15,17,19-20H,8-14,16H2,1-2H3,(H,33,34)/t17-,19-,20-/m1/s1. The molecule has 1 aliphatic heterocycles. The number of benzene rings is 2. The Bertz CT molecular complexity index is 1280. The number of methoxy groups -OCH3 is 1. The zero-order chi connectivity index (χ0) is 25.4. The van der Waals surface area contributed by atoms with Gasteiger partial charge in [-0.15, -0.1) is 0 Å². The van der Waals surface area contributed by atoms with Crippen LogP contribution in [0.4, 0.5) is 4.79 Å². The molecular weight excluding hydrogens is 478 g/mol. The van der Waals surface area contributed by atoms with Crippen molar-refractivity contribution in [1.82, 2.24) is 14.5 Å². The fourth-order valence-electron chi connectivity index (χ4n) is 5.96. The second-order valence-corrected chi connectivity index (χ2v) is 10.5. The van der Waals surface area contributed by atoms with E-state index in [4.69, 9.17) is 21.3 Å². The average Bonchev–Trinajstić information content (AvgIpc) is 3.28. The van der Waals surface area contributed by atoms with Crippen molar-refractivity contribution in [3.05, 3.63) is 63.9 Å². The number of rotatable bonds is 5. The molecule has 36 heavy (non-hydrogen) atoms. The fraction of sp³-hybridized carbons (Fsp3) is 0.464. The van der Waals surface area contributed by atoms with Gasteiger partial charge in [-0.05, 0) is 62.6 Å². The largest absolute Gasteiger partial charge is 0.481 e. The Morgan fingerprint density at radius 2 is 1.89 bits per heavy atom. The molecule has 2 heterocycles. The monoisotopic (exact) mass is 509 g/mol. The molecule has 5 rings (SSSR count). The molecule has 3 aromatic rings. The van der Waals surface area contributed by atoms with Crippen molar-refractivity contribution in [2.45, 2.75) is 64.0 Å². The first-order valence-corrected chi connectivity index (χ1v) is 13.1. The Labute approximate surface area is 216 Å². The van der Waals surface area contributed by atoms with E-state index in [0.29, 0.717) is 37.4 Å². The molecule has 1 atom stereocenters. The first-order valence-electron chi connectivity index (χ1n) is 12.7. The van der Waals surface area contributed by atoms with Gasteiger partial charge >= 0.3 is 12.1 Å². The maximum atomic E-state index is 12.3. The molecule has 0 radical (unpaired) electrons. The molecule has 1 aromatic heterocycles. The predicted octanol–water partition coefficient (Wildman–Crippen LogP) is 5.98. The highest BCUT2D eigenvalue weighted by atomic mass is 35.5. The second kappa shape index (κ2) is 10.1. The number of aromatic nitrogens is 2. The van der Waals surface area contributed by atoms with Gasteiger partial charge in [-0.1, -0.05) is 41.9 Å². The van der Waals surface area contributed by atoms with Crippen LogP contribution in [0.1, 0.15) is 67.1 Å². The summed E-state index contributed by atoms with van der Waals surface area (Å²) in [5, 5.41) is 10.2. The molecule has 1 N–H and O–H groups in total. The lowest BCUT2D eigenvalue weighted by molar-refractivity contribution is -0.142. The Morgan fingerprint density at radius 3 is 2.56 bits per heavy atom. The topological polar surface area (TPSA) is 84.7 Å². The van der Waals surface area contributed by atoms with Crippen molar-refractivity contribution in [3.8, 4) is 0 Å². The summed E-state index contributed by atoms with van der Waals surface area (Å²) in [5.41, 5.74) is 5.14. The van der Waals surface area contributed by atoms with Gasteiger partial charge in [-0.2, -0.15) is 0 Å². The van der Waals surface area contributed by atoms with Crippen LogP contribution >= 0.6 is 11.6 Å².